The summed E-state index contributed by atoms with van der Waals surface area (Å²) in [7, 11) is 0. The highest BCUT2D eigenvalue weighted by Gasteiger charge is 2.63. The molecule has 0 aliphatic carbocycles. The van der Waals surface area contributed by atoms with Crippen LogP contribution in [0.3, 0.4) is 0 Å². The number of ketones is 1. The quantitative estimate of drug-likeness (QED) is 0.682. The average molecular weight is 336 g/mol. The highest BCUT2D eigenvalue weighted by atomic mass is 16.7. The van der Waals surface area contributed by atoms with Crippen molar-refractivity contribution < 1.29 is 19.0 Å². The molecule has 4 saturated heterocycles. The minimum atomic E-state index is -0.406. The van der Waals surface area contributed by atoms with E-state index < -0.39 is 5.79 Å². The summed E-state index contributed by atoms with van der Waals surface area (Å²) in [6.45, 7) is 10.8. The van der Waals surface area contributed by atoms with Crippen molar-refractivity contribution in [3.63, 3.8) is 0 Å². The molecular weight excluding hydrogens is 304 g/mol. The van der Waals surface area contributed by atoms with Gasteiger partial charge in [0.2, 0.25) is 0 Å². The van der Waals surface area contributed by atoms with Gasteiger partial charge in [0.05, 0.1) is 11.7 Å². The van der Waals surface area contributed by atoms with Crippen molar-refractivity contribution in [3.8, 4) is 0 Å². The number of ether oxygens (including phenoxy) is 3. The smallest absolute Gasteiger partial charge is 0.172 e. The van der Waals surface area contributed by atoms with Crippen LogP contribution >= 0.6 is 0 Å². The van der Waals surface area contributed by atoms with E-state index in [1.807, 2.05) is 0 Å². The lowest BCUT2D eigenvalue weighted by molar-refractivity contribution is -0.256. The zero-order chi connectivity index (χ0) is 17.3. The number of rotatable bonds is 1. The van der Waals surface area contributed by atoms with Gasteiger partial charge in [-0.2, -0.15) is 0 Å². The molecule has 0 unspecified atom stereocenters. The molecule has 4 heterocycles. The molecule has 4 rings (SSSR count). The maximum atomic E-state index is 13.0. The Morgan fingerprint density at radius 1 is 1.12 bits per heavy atom. The first-order valence-electron chi connectivity index (χ1n) is 9.76. The summed E-state index contributed by atoms with van der Waals surface area (Å²) in [4.78, 5) is 13.0. The van der Waals surface area contributed by atoms with Gasteiger partial charge in [0.1, 0.15) is 11.7 Å². The van der Waals surface area contributed by atoms with E-state index in [1.165, 1.54) is 0 Å². The summed E-state index contributed by atoms with van der Waals surface area (Å²) >= 11 is 0. The van der Waals surface area contributed by atoms with Gasteiger partial charge in [0.15, 0.2) is 11.6 Å². The number of fused-ring (bicyclic) bond motifs is 3. The second-order valence-electron chi connectivity index (χ2n) is 9.55. The Morgan fingerprint density at radius 3 is 2.58 bits per heavy atom. The summed E-state index contributed by atoms with van der Waals surface area (Å²) in [5, 5.41) is 0. The highest BCUT2D eigenvalue weighted by Crippen LogP contribution is 2.54. The number of Topliss-reactive ketones (excluding diaryl/α,β-unsaturated/α-hetero) is 1. The van der Waals surface area contributed by atoms with Crippen molar-refractivity contribution in [2.45, 2.75) is 102 Å². The molecule has 0 saturated carbocycles. The van der Waals surface area contributed by atoms with E-state index in [-0.39, 0.29) is 29.3 Å². The third kappa shape index (κ3) is 2.57. The van der Waals surface area contributed by atoms with E-state index in [4.69, 9.17) is 14.2 Å². The minimum absolute atomic E-state index is 0.0734. The summed E-state index contributed by atoms with van der Waals surface area (Å²) in [5.41, 5.74) is -0.495. The van der Waals surface area contributed by atoms with Crippen LogP contribution in [0.5, 0.6) is 0 Å². The number of hydrogen-bond donors (Lipinski definition) is 0. The number of carbonyl (C=O) groups is 1. The van der Waals surface area contributed by atoms with Gasteiger partial charge in [-0.05, 0) is 45.4 Å². The van der Waals surface area contributed by atoms with Crippen molar-refractivity contribution >= 4 is 5.78 Å². The molecule has 136 valence electrons. The molecule has 4 heteroatoms. The van der Waals surface area contributed by atoms with Crippen molar-refractivity contribution in [2.24, 2.45) is 17.8 Å². The van der Waals surface area contributed by atoms with Crippen LogP contribution in [-0.2, 0) is 19.0 Å². The lowest BCUT2D eigenvalue weighted by Gasteiger charge is -2.34. The van der Waals surface area contributed by atoms with Crippen molar-refractivity contribution in [1.82, 2.24) is 0 Å². The fourth-order valence-electron chi connectivity index (χ4n) is 5.37. The number of carbonyl (C=O) groups excluding carboxylic acids is 1. The van der Waals surface area contributed by atoms with Crippen LogP contribution < -0.4 is 0 Å². The molecule has 0 N–H and O–H groups in total. The SMILES string of the molecule is CC(C)[C@@H]1CC[C@]2(C)CC[C@]3(O[C@@H](C[C@@H]3C)C[C@@]3(C)O[C@@H]3C1=O)O2. The summed E-state index contributed by atoms with van der Waals surface area (Å²) in [6, 6.07) is 0. The summed E-state index contributed by atoms with van der Waals surface area (Å²) in [6.07, 6.45) is 5.53. The van der Waals surface area contributed by atoms with Crippen molar-refractivity contribution in [3.05, 3.63) is 0 Å². The Bertz CT molecular complexity index is 546. The normalized spacial score (nSPS) is 54.3. The van der Waals surface area contributed by atoms with Crippen LogP contribution in [0.2, 0.25) is 0 Å². The maximum Gasteiger partial charge on any atom is 0.172 e. The van der Waals surface area contributed by atoms with Crippen LogP contribution in [0.1, 0.15) is 73.1 Å². The topological polar surface area (TPSA) is 48.1 Å². The second kappa shape index (κ2) is 5.28. The molecular formula is C20H32O4. The van der Waals surface area contributed by atoms with Crippen molar-refractivity contribution in [1.29, 1.82) is 0 Å². The predicted molar refractivity (Wildman–Crippen MR) is 90.6 cm³/mol. The van der Waals surface area contributed by atoms with Gasteiger partial charge >= 0.3 is 0 Å². The zero-order valence-electron chi connectivity index (χ0n) is 15.8. The molecule has 4 fully saturated rings. The molecule has 1 spiro atoms. The van der Waals surface area contributed by atoms with E-state index in [2.05, 4.69) is 34.6 Å². The fourth-order valence-corrected chi connectivity index (χ4v) is 5.37. The van der Waals surface area contributed by atoms with Gasteiger partial charge in [-0.15, -0.1) is 0 Å². The monoisotopic (exact) mass is 336 g/mol. The number of epoxide rings is 1. The fraction of sp³-hybridized carbons (Fsp3) is 0.950. The van der Waals surface area contributed by atoms with E-state index in [1.54, 1.807) is 0 Å². The molecule has 24 heavy (non-hydrogen) atoms. The molecule has 0 amide bonds. The molecule has 4 aliphatic heterocycles. The Kier molecular flexibility index (Phi) is 3.73. The summed E-state index contributed by atoms with van der Waals surface area (Å²) < 4.78 is 19.0. The first-order chi connectivity index (χ1) is 11.2. The van der Waals surface area contributed by atoms with Gasteiger partial charge in [-0.3, -0.25) is 4.79 Å². The molecule has 0 aromatic carbocycles. The van der Waals surface area contributed by atoms with Crippen LogP contribution in [-0.4, -0.2) is 35.0 Å². The molecule has 3 bridgehead atoms. The highest BCUT2D eigenvalue weighted by molar-refractivity contribution is 5.89. The first-order valence-corrected chi connectivity index (χ1v) is 9.76. The third-order valence-corrected chi connectivity index (χ3v) is 7.09. The maximum absolute atomic E-state index is 13.0. The molecule has 7 atom stereocenters. The number of hydrogen-bond acceptors (Lipinski definition) is 4. The minimum Gasteiger partial charge on any atom is -0.358 e. The first kappa shape index (κ1) is 17.0. The lowest BCUT2D eigenvalue weighted by atomic mass is 9.80. The average Bonchev–Trinajstić information content (AvgIpc) is 2.87. The Hall–Kier alpha value is -0.450. The predicted octanol–water partition coefficient (Wildman–Crippen LogP) is 3.86. The lowest BCUT2D eigenvalue weighted by Crippen LogP contribution is -2.39. The van der Waals surface area contributed by atoms with Crippen LogP contribution in [0.4, 0.5) is 0 Å². The van der Waals surface area contributed by atoms with Gasteiger partial charge in [0.25, 0.3) is 0 Å². The Balaban J connectivity index is 1.64. The van der Waals surface area contributed by atoms with Gasteiger partial charge in [-0.1, -0.05) is 20.8 Å². The molecule has 4 aliphatic rings. The van der Waals surface area contributed by atoms with Crippen LogP contribution in [0.25, 0.3) is 0 Å². The van der Waals surface area contributed by atoms with Crippen LogP contribution in [0, 0.1) is 17.8 Å². The molecule has 0 radical (unpaired) electrons. The third-order valence-electron chi connectivity index (χ3n) is 7.09. The van der Waals surface area contributed by atoms with Crippen molar-refractivity contribution in [2.75, 3.05) is 0 Å². The molecule has 4 nitrogen and oxygen atoms in total. The summed E-state index contributed by atoms with van der Waals surface area (Å²) in [5.74, 6) is 0.717. The van der Waals surface area contributed by atoms with E-state index in [0.717, 1.165) is 38.5 Å². The Labute approximate surface area is 145 Å². The molecule has 0 aromatic rings. The standard InChI is InChI=1S/C20H32O4/c1-12(2)15-6-7-18(4)8-9-20(24-18)13(3)10-14(22-20)11-19(5)17(23-19)16(15)21/h12-15,17H,6-11H2,1-5H3/t13-,14-,15-,17+,18+,19+,20-/m0/s1. The second-order valence-corrected chi connectivity index (χ2v) is 9.55. The van der Waals surface area contributed by atoms with Gasteiger partial charge in [0, 0.05) is 24.7 Å². The van der Waals surface area contributed by atoms with E-state index in [9.17, 15) is 4.79 Å². The largest absolute Gasteiger partial charge is 0.358 e. The van der Waals surface area contributed by atoms with Gasteiger partial charge in [-0.25, -0.2) is 0 Å². The Morgan fingerprint density at radius 2 is 1.88 bits per heavy atom. The van der Waals surface area contributed by atoms with Crippen LogP contribution in [0.15, 0.2) is 0 Å². The zero-order valence-corrected chi connectivity index (χ0v) is 15.8. The van der Waals surface area contributed by atoms with E-state index in [0.29, 0.717) is 17.6 Å². The van der Waals surface area contributed by atoms with E-state index >= 15 is 0 Å². The molecule has 0 aromatic heterocycles. The van der Waals surface area contributed by atoms with Gasteiger partial charge < -0.3 is 14.2 Å².